The smallest absolute Gasteiger partial charge is 0.223 e. The van der Waals surface area contributed by atoms with E-state index in [1.165, 1.54) is 51.7 Å². The Morgan fingerprint density at radius 2 is 1.85 bits per heavy atom. The van der Waals surface area contributed by atoms with Crippen LogP contribution in [0.2, 0.25) is 5.02 Å². The lowest BCUT2D eigenvalue weighted by molar-refractivity contribution is -0.125. The van der Waals surface area contributed by atoms with Crippen molar-refractivity contribution in [2.75, 3.05) is 44.2 Å². The van der Waals surface area contributed by atoms with Gasteiger partial charge < -0.3 is 15.1 Å². The number of halogens is 1. The van der Waals surface area contributed by atoms with Crippen molar-refractivity contribution in [3.8, 4) is 0 Å². The zero-order valence-corrected chi connectivity index (χ0v) is 17.1. The minimum absolute atomic E-state index is 0.141. The van der Waals surface area contributed by atoms with Crippen LogP contribution in [0.4, 0.5) is 5.82 Å². The Labute approximate surface area is 168 Å². The molecule has 1 amide bonds. The molecule has 0 aliphatic carbocycles. The summed E-state index contributed by atoms with van der Waals surface area (Å²) in [7, 11) is 0. The second-order valence-corrected chi connectivity index (χ2v) is 8.29. The Kier molecular flexibility index (Phi) is 8.21. The fourth-order valence-electron chi connectivity index (χ4n) is 4.10. The van der Waals surface area contributed by atoms with Gasteiger partial charge in [-0.2, -0.15) is 0 Å². The van der Waals surface area contributed by atoms with E-state index < -0.39 is 0 Å². The summed E-state index contributed by atoms with van der Waals surface area (Å²) in [5.41, 5.74) is 0. The molecule has 2 aliphatic rings. The molecule has 5 nitrogen and oxygen atoms in total. The molecule has 27 heavy (non-hydrogen) atoms. The van der Waals surface area contributed by atoms with E-state index in [1.807, 2.05) is 12.1 Å². The van der Waals surface area contributed by atoms with Crippen molar-refractivity contribution in [1.82, 2.24) is 15.2 Å². The van der Waals surface area contributed by atoms with Gasteiger partial charge in [0.2, 0.25) is 5.91 Å². The number of rotatable bonds is 8. The van der Waals surface area contributed by atoms with Crippen molar-refractivity contribution < 1.29 is 4.79 Å². The van der Waals surface area contributed by atoms with Crippen molar-refractivity contribution in [2.45, 2.75) is 51.4 Å². The first-order valence-electron chi connectivity index (χ1n) is 10.6. The summed E-state index contributed by atoms with van der Waals surface area (Å²) in [6, 6.07) is 3.82. The lowest BCUT2D eigenvalue weighted by atomic mass is 9.96. The van der Waals surface area contributed by atoms with Crippen molar-refractivity contribution in [1.29, 1.82) is 0 Å². The molecular formula is C21H33ClN4O. The van der Waals surface area contributed by atoms with Crippen LogP contribution in [-0.4, -0.2) is 55.1 Å². The van der Waals surface area contributed by atoms with Gasteiger partial charge in [-0.1, -0.05) is 24.4 Å². The first-order valence-corrected chi connectivity index (χ1v) is 11.0. The van der Waals surface area contributed by atoms with Crippen LogP contribution in [0.5, 0.6) is 0 Å². The topological polar surface area (TPSA) is 48.5 Å². The number of nitrogens with zero attached hydrogens (tertiary/aromatic N) is 3. The average Bonchev–Trinajstić information content (AvgIpc) is 2.72. The van der Waals surface area contributed by atoms with Crippen LogP contribution < -0.4 is 10.2 Å². The maximum absolute atomic E-state index is 12.4. The lowest BCUT2D eigenvalue weighted by Crippen LogP contribution is -2.41. The van der Waals surface area contributed by atoms with E-state index in [1.54, 1.807) is 6.20 Å². The first kappa shape index (κ1) is 20.4. The van der Waals surface area contributed by atoms with Crippen molar-refractivity contribution in [2.24, 2.45) is 5.92 Å². The maximum Gasteiger partial charge on any atom is 0.223 e. The normalized spacial score (nSPS) is 19.2. The zero-order valence-electron chi connectivity index (χ0n) is 16.3. The van der Waals surface area contributed by atoms with Crippen LogP contribution in [0.25, 0.3) is 0 Å². The Hall–Kier alpha value is -1.33. The molecule has 2 saturated heterocycles. The molecular weight excluding hydrogens is 360 g/mol. The number of aromatic nitrogens is 1. The number of pyridine rings is 1. The molecule has 3 heterocycles. The second kappa shape index (κ2) is 10.9. The monoisotopic (exact) mass is 392 g/mol. The predicted octanol–water partition coefficient (Wildman–Crippen LogP) is 3.72. The van der Waals surface area contributed by atoms with E-state index in [9.17, 15) is 4.79 Å². The van der Waals surface area contributed by atoms with Crippen molar-refractivity contribution in [3.63, 3.8) is 0 Å². The van der Waals surface area contributed by atoms with E-state index in [-0.39, 0.29) is 11.8 Å². The molecule has 3 rings (SSSR count). The number of unbranched alkanes of at least 4 members (excludes halogenated alkanes) is 2. The van der Waals surface area contributed by atoms with Crippen LogP contribution in [0.15, 0.2) is 18.3 Å². The molecule has 0 saturated carbocycles. The molecule has 2 fully saturated rings. The number of nitrogens with one attached hydrogen (secondary N) is 1. The van der Waals surface area contributed by atoms with E-state index >= 15 is 0 Å². The molecule has 1 aromatic heterocycles. The highest BCUT2D eigenvalue weighted by Crippen LogP contribution is 2.22. The van der Waals surface area contributed by atoms with Crippen LogP contribution in [0, 0.1) is 5.92 Å². The van der Waals surface area contributed by atoms with Gasteiger partial charge in [0.1, 0.15) is 5.82 Å². The molecule has 0 aromatic carbocycles. The third kappa shape index (κ3) is 6.65. The lowest BCUT2D eigenvalue weighted by Gasteiger charge is -2.32. The highest BCUT2D eigenvalue weighted by Gasteiger charge is 2.25. The number of carbonyl (C=O) groups is 1. The van der Waals surface area contributed by atoms with Gasteiger partial charge in [0.05, 0.1) is 5.02 Å². The Morgan fingerprint density at radius 1 is 1.07 bits per heavy atom. The third-order valence-corrected chi connectivity index (χ3v) is 6.02. The number of anilines is 1. The molecule has 0 unspecified atom stereocenters. The second-order valence-electron chi connectivity index (χ2n) is 7.85. The molecule has 2 aliphatic heterocycles. The number of amides is 1. The number of likely N-dealkylation sites (tertiary alicyclic amines) is 1. The van der Waals surface area contributed by atoms with E-state index in [0.29, 0.717) is 5.02 Å². The van der Waals surface area contributed by atoms with Gasteiger partial charge in [-0.05, 0) is 70.3 Å². The molecule has 0 radical (unpaired) electrons. The van der Waals surface area contributed by atoms with Crippen LogP contribution in [0.3, 0.4) is 0 Å². The van der Waals surface area contributed by atoms with Gasteiger partial charge >= 0.3 is 0 Å². The largest absolute Gasteiger partial charge is 0.357 e. The number of piperidine rings is 2. The van der Waals surface area contributed by atoms with E-state index in [2.05, 4.69) is 20.1 Å². The molecule has 0 atom stereocenters. The molecule has 150 valence electrons. The summed E-state index contributed by atoms with van der Waals surface area (Å²) < 4.78 is 0. The minimum atomic E-state index is 0.141. The summed E-state index contributed by atoms with van der Waals surface area (Å²) in [6.45, 7) is 6.36. The number of hydrogen-bond donors (Lipinski definition) is 1. The van der Waals surface area contributed by atoms with Crippen molar-refractivity contribution in [3.05, 3.63) is 23.4 Å². The average molecular weight is 393 g/mol. The fourth-order valence-corrected chi connectivity index (χ4v) is 4.21. The standard InChI is InChI=1S/C21H33ClN4O/c22-19-7-8-20(24-17-19)26-15-9-18(10-16-26)21(27)23-11-3-1-4-12-25-13-5-2-6-14-25/h7-8,17-18H,1-6,9-16H2,(H,23,27). The fraction of sp³-hybridized carbons (Fsp3) is 0.714. The van der Waals surface area contributed by atoms with Gasteiger partial charge in [-0.15, -0.1) is 0 Å². The predicted molar refractivity (Wildman–Crippen MR) is 111 cm³/mol. The van der Waals surface area contributed by atoms with E-state index in [4.69, 9.17) is 11.6 Å². The van der Waals surface area contributed by atoms with Crippen LogP contribution >= 0.6 is 11.6 Å². The third-order valence-electron chi connectivity index (χ3n) is 5.80. The summed E-state index contributed by atoms with van der Waals surface area (Å²) >= 11 is 5.90. The quantitative estimate of drug-likeness (QED) is 0.685. The highest BCUT2D eigenvalue weighted by molar-refractivity contribution is 6.30. The number of carbonyl (C=O) groups excluding carboxylic acids is 1. The summed E-state index contributed by atoms with van der Waals surface area (Å²) in [5, 5.41) is 3.81. The molecule has 0 spiro atoms. The zero-order chi connectivity index (χ0) is 18.9. The van der Waals surface area contributed by atoms with Crippen LogP contribution in [-0.2, 0) is 4.79 Å². The molecule has 0 bridgehead atoms. The first-order chi connectivity index (χ1) is 13.2. The van der Waals surface area contributed by atoms with Gasteiger partial charge in [0.25, 0.3) is 0 Å². The van der Waals surface area contributed by atoms with Crippen molar-refractivity contribution >= 4 is 23.3 Å². The summed E-state index contributed by atoms with van der Waals surface area (Å²) in [4.78, 5) is 21.6. The summed E-state index contributed by atoms with van der Waals surface area (Å²) in [6.07, 6.45) is 11.1. The van der Waals surface area contributed by atoms with Crippen LogP contribution in [0.1, 0.15) is 51.4 Å². The SMILES string of the molecule is O=C(NCCCCCN1CCCCC1)C1CCN(c2ccc(Cl)cn2)CC1. The minimum Gasteiger partial charge on any atom is -0.357 e. The Bertz CT molecular complexity index is 566. The van der Waals surface area contributed by atoms with Gasteiger partial charge in [0.15, 0.2) is 0 Å². The molecule has 6 heteroatoms. The highest BCUT2D eigenvalue weighted by atomic mass is 35.5. The van der Waals surface area contributed by atoms with Gasteiger partial charge in [-0.3, -0.25) is 4.79 Å². The Balaban J connectivity index is 1.25. The summed E-state index contributed by atoms with van der Waals surface area (Å²) in [5.74, 6) is 1.32. The number of hydrogen-bond acceptors (Lipinski definition) is 4. The van der Waals surface area contributed by atoms with Gasteiger partial charge in [0, 0.05) is 31.7 Å². The van der Waals surface area contributed by atoms with Gasteiger partial charge in [-0.25, -0.2) is 4.98 Å². The molecule has 1 N–H and O–H groups in total. The maximum atomic E-state index is 12.4. The van der Waals surface area contributed by atoms with E-state index in [0.717, 1.165) is 44.7 Å². The molecule has 1 aromatic rings. The Morgan fingerprint density at radius 3 is 2.56 bits per heavy atom.